The molecule has 1 aliphatic rings. The minimum atomic E-state index is -0.521. The van der Waals surface area contributed by atoms with E-state index in [1.54, 1.807) is 22.4 Å². The molecule has 0 radical (unpaired) electrons. The zero-order valence-corrected chi connectivity index (χ0v) is 16.1. The van der Waals surface area contributed by atoms with E-state index in [4.69, 9.17) is 4.74 Å². The molecule has 1 unspecified atom stereocenters. The summed E-state index contributed by atoms with van der Waals surface area (Å²) in [5, 5.41) is 11.8. The van der Waals surface area contributed by atoms with E-state index in [1.807, 2.05) is 24.8 Å². The predicted molar refractivity (Wildman–Crippen MR) is 101 cm³/mol. The van der Waals surface area contributed by atoms with Gasteiger partial charge in [0, 0.05) is 38.2 Å². The topological polar surface area (TPSA) is 69.5 Å². The van der Waals surface area contributed by atoms with E-state index >= 15 is 0 Å². The zero-order valence-electron chi connectivity index (χ0n) is 15.3. The van der Waals surface area contributed by atoms with Gasteiger partial charge in [-0.1, -0.05) is 6.07 Å². The van der Waals surface area contributed by atoms with Crippen LogP contribution in [0.25, 0.3) is 0 Å². The van der Waals surface area contributed by atoms with Gasteiger partial charge in [-0.3, -0.25) is 4.79 Å². The SMILES string of the molecule is CCOC(C)c1nc(C(=O)N2CCN(c3cccc(F)c3C#N)CC2)cs1. The molecule has 1 aliphatic heterocycles. The largest absolute Gasteiger partial charge is 0.372 e. The zero-order chi connectivity index (χ0) is 19.4. The molecule has 1 aromatic carbocycles. The van der Waals surface area contributed by atoms with Gasteiger partial charge in [0.2, 0.25) is 0 Å². The minimum Gasteiger partial charge on any atom is -0.372 e. The summed E-state index contributed by atoms with van der Waals surface area (Å²) in [6.45, 7) is 6.50. The number of nitriles is 1. The van der Waals surface area contributed by atoms with E-state index in [0.717, 1.165) is 5.01 Å². The number of aromatic nitrogens is 1. The quantitative estimate of drug-likeness (QED) is 0.787. The maximum absolute atomic E-state index is 13.8. The summed E-state index contributed by atoms with van der Waals surface area (Å²) in [6, 6.07) is 6.54. The number of hydrogen-bond donors (Lipinski definition) is 0. The molecule has 0 spiro atoms. The Bertz CT molecular complexity index is 856. The number of ether oxygens (including phenoxy) is 1. The second-order valence-corrected chi connectivity index (χ2v) is 7.08. The van der Waals surface area contributed by atoms with Crippen LogP contribution in [-0.4, -0.2) is 48.6 Å². The number of piperazine rings is 1. The molecule has 2 aromatic rings. The van der Waals surface area contributed by atoms with Crippen molar-refractivity contribution in [2.45, 2.75) is 20.0 Å². The monoisotopic (exact) mass is 388 g/mol. The van der Waals surface area contributed by atoms with Gasteiger partial charge in [-0.05, 0) is 26.0 Å². The molecule has 8 heteroatoms. The second kappa shape index (κ2) is 8.46. The Morgan fingerprint density at radius 1 is 1.41 bits per heavy atom. The average molecular weight is 388 g/mol. The van der Waals surface area contributed by atoms with Crippen LogP contribution in [0.1, 0.15) is 41.0 Å². The normalized spacial score (nSPS) is 15.5. The number of halogens is 1. The van der Waals surface area contributed by atoms with Crippen LogP contribution in [0.5, 0.6) is 0 Å². The van der Waals surface area contributed by atoms with Gasteiger partial charge in [0.1, 0.15) is 34.3 Å². The van der Waals surface area contributed by atoms with Crippen molar-refractivity contribution in [3.05, 3.63) is 45.7 Å². The maximum atomic E-state index is 13.8. The highest BCUT2D eigenvalue weighted by molar-refractivity contribution is 7.09. The van der Waals surface area contributed by atoms with Crippen molar-refractivity contribution in [1.29, 1.82) is 5.26 Å². The molecule has 1 amide bonds. The lowest BCUT2D eigenvalue weighted by Crippen LogP contribution is -2.49. The fourth-order valence-corrected chi connectivity index (χ4v) is 3.89. The molecule has 1 fully saturated rings. The molecule has 0 aliphatic carbocycles. The van der Waals surface area contributed by atoms with E-state index in [-0.39, 0.29) is 17.6 Å². The van der Waals surface area contributed by atoms with Crippen molar-refractivity contribution >= 4 is 22.9 Å². The molecule has 0 saturated carbocycles. The van der Waals surface area contributed by atoms with Crippen LogP contribution in [0.15, 0.2) is 23.6 Å². The number of hydrogen-bond acceptors (Lipinski definition) is 6. The molecule has 1 atom stereocenters. The highest BCUT2D eigenvalue weighted by atomic mass is 32.1. The number of anilines is 1. The summed E-state index contributed by atoms with van der Waals surface area (Å²) in [4.78, 5) is 20.8. The van der Waals surface area contributed by atoms with Crippen molar-refractivity contribution in [2.75, 3.05) is 37.7 Å². The summed E-state index contributed by atoms with van der Waals surface area (Å²) >= 11 is 1.42. The molecular weight excluding hydrogens is 367 g/mol. The molecule has 27 heavy (non-hydrogen) atoms. The van der Waals surface area contributed by atoms with Gasteiger partial charge in [-0.15, -0.1) is 11.3 Å². The van der Waals surface area contributed by atoms with Crippen molar-refractivity contribution in [2.24, 2.45) is 0 Å². The van der Waals surface area contributed by atoms with Crippen LogP contribution in [0, 0.1) is 17.1 Å². The number of rotatable bonds is 5. The Hall–Kier alpha value is -2.50. The summed E-state index contributed by atoms with van der Waals surface area (Å²) in [7, 11) is 0. The van der Waals surface area contributed by atoms with Crippen molar-refractivity contribution in [3.8, 4) is 6.07 Å². The summed E-state index contributed by atoms with van der Waals surface area (Å²) in [6.07, 6.45) is -0.129. The standard InChI is InChI=1S/C19H21FN4O2S/c1-3-26-13(2)18-22-16(12-27-18)19(25)24-9-7-23(8-10-24)17-6-4-5-15(20)14(17)11-21/h4-6,12-13H,3,7-10H2,1-2H3. The van der Waals surface area contributed by atoms with Gasteiger partial charge in [-0.25, -0.2) is 9.37 Å². The fourth-order valence-electron chi connectivity index (χ4n) is 3.09. The Morgan fingerprint density at radius 2 is 2.15 bits per heavy atom. The molecule has 3 rings (SSSR count). The van der Waals surface area contributed by atoms with Crippen molar-refractivity contribution in [3.63, 3.8) is 0 Å². The molecule has 2 heterocycles. The van der Waals surface area contributed by atoms with Gasteiger partial charge in [-0.2, -0.15) is 5.26 Å². The van der Waals surface area contributed by atoms with Crippen LogP contribution in [0.3, 0.4) is 0 Å². The summed E-state index contributed by atoms with van der Waals surface area (Å²) in [5.41, 5.74) is 1.05. The van der Waals surface area contributed by atoms with E-state index in [0.29, 0.717) is 44.2 Å². The maximum Gasteiger partial charge on any atom is 0.273 e. The first-order valence-corrected chi connectivity index (χ1v) is 9.73. The van der Waals surface area contributed by atoms with Gasteiger partial charge in [0.05, 0.1) is 5.69 Å². The lowest BCUT2D eigenvalue weighted by Gasteiger charge is -2.36. The molecule has 6 nitrogen and oxygen atoms in total. The van der Waals surface area contributed by atoms with E-state index in [2.05, 4.69) is 4.98 Å². The molecule has 0 N–H and O–H groups in total. The van der Waals surface area contributed by atoms with E-state index < -0.39 is 5.82 Å². The average Bonchev–Trinajstić information content (AvgIpc) is 3.18. The van der Waals surface area contributed by atoms with Crippen LogP contribution >= 0.6 is 11.3 Å². The lowest BCUT2D eigenvalue weighted by molar-refractivity contribution is 0.0725. The molecule has 142 valence electrons. The second-order valence-electron chi connectivity index (χ2n) is 6.19. The minimum absolute atomic E-state index is 0.0475. The number of thiazole rings is 1. The van der Waals surface area contributed by atoms with Gasteiger partial charge in [0.15, 0.2) is 0 Å². The smallest absolute Gasteiger partial charge is 0.273 e. The van der Waals surface area contributed by atoms with E-state index in [1.165, 1.54) is 17.4 Å². The van der Waals surface area contributed by atoms with Crippen LogP contribution in [0.4, 0.5) is 10.1 Å². The Balaban J connectivity index is 1.65. The number of amides is 1. The predicted octanol–water partition coefficient (Wildman–Crippen LogP) is 3.21. The third-order valence-electron chi connectivity index (χ3n) is 4.52. The Labute approximate surface area is 161 Å². The first-order chi connectivity index (χ1) is 13.0. The summed E-state index contributed by atoms with van der Waals surface area (Å²) in [5.74, 6) is -0.632. The number of benzene rings is 1. The lowest BCUT2D eigenvalue weighted by atomic mass is 10.1. The third kappa shape index (κ3) is 4.10. The van der Waals surface area contributed by atoms with Crippen molar-refractivity contribution in [1.82, 2.24) is 9.88 Å². The first kappa shape index (κ1) is 19.3. The van der Waals surface area contributed by atoms with Crippen molar-refractivity contribution < 1.29 is 13.9 Å². The summed E-state index contributed by atoms with van der Waals surface area (Å²) < 4.78 is 19.3. The number of carbonyl (C=O) groups excluding carboxylic acids is 1. The molecular formula is C19H21FN4O2S. The highest BCUT2D eigenvalue weighted by Gasteiger charge is 2.26. The Morgan fingerprint density at radius 3 is 2.81 bits per heavy atom. The highest BCUT2D eigenvalue weighted by Crippen LogP contribution is 2.25. The van der Waals surface area contributed by atoms with Gasteiger partial charge >= 0.3 is 0 Å². The fraction of sp³-hybridized carbons (Fsp3) is 0.421. The van der Waals surface area contributed by atoms with Crippen LogP contribution in [-0.2, 0) is 4.74 Å². The van der Waals surface area contributed by atoms with Gasteiger partial charge < -0.3 is 14.5 Å². The molecule has 1 saturated heterocycles. The van der Waals surface area contributed by atoms with Gasteiger partial charge in [0.25, 0.3) is 5.91 Å². The number of nitrogens with zero attached hydrogens (tertiary/aromatic N) is 4. The molecule has 1 aromatic heterocycles. The van der Waals surface area contributed by atoms with Crippen LogP contribution < -0.4 is 4.90 Å². The third-order valence-corrected chi connectivity index (χ3v) is 5.52. The van der Waals surface area contributed by atoms with E-state index in [9.17, 15) is 14.4 Å². The first-order valence-electron chi connectivity index (χ1n) is 8.85. The number of carbonyl (C=O) groups is 1. The van der Waals surface area contributed by atoms with Crippen LogP contribution in [0.2, 0.25) is 0 Å². The Kier molecular flexibility index (Phi) is 6.04. The molecule has 0 bridgehead atoms.